The zero-order chi connectivity index (χ0) is 18.4. The minimum atomic E-state index is -1.48. The Labute approximate surface area is 157 Å². The fourth-order valence-corrected chi connectivity index (χ4v) is 3.96. The first-order valence-electron chi connectivity index (χ1n) is 9.02. The summed E-state index contributed by atoms with van der Waals surface area (Å²) in [6.07, 6.45) is 0. The highest BCUT2D eigenvalue weighted by Gasteiger charge is 2.14. The molecule has 2 nitrogen and oxygen atoms in total. The van der Waals surface area contributed by atoms with Gasteiger partial charge in [0.15, 0.2) is 0 Å². The van der Waals surface area contributed by atoms with Crippen LogP contribution in [0.1, 0.15) is 0 Å². The van der Waals surface area contributed by atoms with Crippen LogP contribution in [0.3, 0.4) is 0 Å². The van der Waals surface area contributed by atoms with Crippen molar-refractivity contribution in [3.05, 3.63) is 91.0 Å². The van der Waals surface area contributed by atoms with Crippen LogP contribution >= 0.6 is 0 Å². The average molecular weight is 348 g/mol. The molecule has 0 saturated carbocycles. The standard InChI is InChI=1S/C24H17BO2/c26-25(27)18-13-12-16-7-5-11-22(23(16)15-18)24-14-17-6-1-2-8-19(17)20-9-3-4-10-21(20)24/h1-15,26-27H. The summed E-state index contributed by atoms with van der Waals surface area (Å²) in [6, 6.07) is 30.9. The topological polar surface area (TPSA) is 40.5 Å². The molecule has 0 aliphatic heterocycles. The average Bonchev–Trinajstić information content (AvgIpc) is 2.72. The van der Waals surface area contributed by atoms with Gasteiger partial charge in [0.05, 0.1) is 0 Å². The molecule has 27 heavy (non-hydrogen) atoms. The summed E-state index contributed by atoms with van der Waals surface area (Å²) in [5.74, 6) is 0. The van der Waals surface area contributed by atoms with Crippen LogP contribution in [0, 0.1) is 0 Å². The van der Waals surface area contributed by atoms with Crippen LogP contribution in [0.2, 0.25) is 0 Å². The number of rotatable bonds is 2. The molecular formula is C24H17BO2. The van der Waals surface area contributed by atoms with Crippen LogP contribution in [0.4, 0.5) is 0 Å². The Kier molecular flexibility index (Phi) is 3.71. The van der Waals surface area contributed by atoms with Crippen LogP contribution < -0.4 is 5.46 Å². The van der Waals surface area contributed by atoms with E-state index in [1.807, 2.05) is 12.1 Å². The molecule has 0 atom stereocenters. The van der Waals surface area contributed by atoms with E-state index in [4.69, 9.17) is 0 Å². The summed E-state index contributed by atoms with van der Waals surface area (Å²) in [7, 11) is -1.48. The van der Waals surface area contributed by atoms with Gasteiger partial charge in [-0.05, 0) is 55.0 Å². The molecule has 0 radical (unpaired) electrons. The molecule has 5 aromatic carbocycles. The van der Waals surface area contributed by atoms with Gasteiger partial charge in [0, 0.05) is 0 Å². The monoisotopic (exact) mass is 348 g/mol. The molecule has 0 bridgehead atoms. The molecule has 0 amide bonds. The van der Waals surface area contributed by atoms with Crippen molar-refractivity contribution >= 4 is 44.9 Å². The first kappa shape index (κ1) is 16.1. The van der Waals surface area contributed by atoms with Crippen LogP contribution in [0.5, 0.6) is 0 Å². The second kappa shape index (κ2) is 6.24. The Hall–Kier alpha value is -3.14. The van der Waals surface area contributed by atoms with Gasteiger partial charge < -0.3 is 10.0 Å². The van der Waals surface area contributed by atoms with Crippen molar-refractivity contribution in [3.63, 3.8) is 0 Å². The summed E-state index contributed by atoms with van der Waals surface area (Å²) in [4.78, 5) is 0. The zero-order valence-corrected chi connectivity index (χ0v) is 14.6. The maximum absolute atomic E-state index is 9.61. The molecule has 0 unspecified atom stereocenters. The Morgan fingerprint density at radius 2 is 1.19 bits per heavy atom. The van der Waals surface area contributed by atoms with Crippen molar-refractivity contribution in [2.75, 3.05) is 0 Å². The van der Waals surface area contributed by atoms with Gasteiger partial charge >= 0.3 is 7.12 Å². The summed E-state index contributed by atoms with van der Waals surface area (Å²) in [5, 5.41) is 26.2. The van der Waals surface area contributed by atoms with Crippen molar-refractivity contribution in [1.29, 1.82) is 0 Å². The van der Waals surface area contributed by atoms with Gasteiger partial charge in [0.2, 0.25) is 0 Å². The lowest BCUT2D eigenvalue weighted by molar-refractivity contribution is 0.426. The lowest BCUT2D eigenvalue weighted by Gasteiger charge is -2.14. The van der Waals surface area contributed by atoms with Crippen LogP contribution in [0.25, 0.3) is 43.4 Å². The summed E-state index contributed by atoms with van der Waals surface area (Å²) in [5.41, 5.74) is 2.75. The minimum Gasteiger partial charge on any atom is -0.423 e. The van der Waals surface area contributed by atoms with E-state index in [1.165, 1.54) is 21.5 Å². The SMILES string of the molecule is OB(O)c1ccc2cccc(-c3cc4ccccc4c4ccccc34)c2c1. The van der Waals surface area contributed by atoms with E-state index in [9.17, 15) is 10.0 Å². The van der Waals surface area contributed by atoms with E-state index in [2.05, 4.69) is 72.8 Å². The lowest BCUT2D eigenvalue weighted by atomic mass is 9.78. The van der Waals surface area contributed by atoms with Crippen molar-refractivity contribution in [2.45, 2.75) is 0 Å². The molecule has 5 rings (SSSR count). The van der Waals surface area contributed by atoms with Crippen LogP contribution in [-0.4, -0.2) is 17.2 Å². The number of benzene rings is 5. The van der Waals surface area contributed by atoms with Crippen LogP contribution in [0.15, 0.2) is 91.0 Å². The molecule has 2 N–H and O–H groups in total. The summed E-state index contributed by atoms with van der Waals surface area (Å²) >= 11 is 0. The second-order valence-electron chi connectivity index (χ2n) is 6.85. The molecule has 0 spiro atoms. The zero-order valence-electron chi connectivity index (χ0n) is 14.6. The molecule has 0 aromatic heterocycles. The van der Waals surface area contributed by atoms with Crippen molar-refractivity contribution < 1.29 is 10.0 Å². The largest absolute Gasteiger partial charge is 0.488 e. The first-order chi connectivity index (χ1) is 13.2. The molecule has 0 saturated heterocycles. The summed E-state index contributed by atoms with van der Waals surface area (Å²) in [6.45, 7) is 0. The van der Waals surface area contributed by atoms with E-state index in [1.54, 1.807) is 6.07 Å². The maximum atomic E-state index is 9.61. The Morgan fingerprint density at radius 1 is 0.481 bits per heavy atom. The minimum absolute atomic E-state index is 0.500. The molecule has 0 fully saturated rings. The highest BCUT2D eigenvalue weighted by Crippen LogP contribution is 2.37. The molecule has 5 aromatic rings. The second-order valence-corrected chi connectivity index (χ2v) is 6.85. The van der Waals surface area contributed by atoms with Gasteiger partial charge in [-0.25, -0.2) is 0 Å². The third-order valence-electron chi connectivity index (χ3n) is 5.26. The van der Waals surface area contributed by atoms with Gasteiger partial charge in [-0.1, -0.05) is 84.9 Å². The normalized spacial score (nSPS) is 11.3. The smallest absolute Gasteiger partial charge is 0.423 e. The van der Waals surface area contributed by atoms with E-state index in [0.717, 1.165) is 21.9 Å². The highest BCUT2D eigenvalue weighted by molar-refractivity contribution is 6.59. The third-order valence-corrected chi connectivity index (χ3v) is 5.26. The van der Waals surface area contributed by atoms with Gasteiger partial charge in [-0.3, -0.25) is 0 Å². The number of hydrogen-bond donors (Lipinski definition) is 2. The molecule has 3 heteroatoms. The van der Waals surface area contributed by atoms with E-state index >= 15 is 0 Å². The van der Waals surface area contributed by atoms with E-state index in [0.29, 0.717) is 5.46 Å². The predicted molar refractivity (Wildman–Crippen MR) is 114 cm³/mol. The fraction of sp³-hybridized carbons (Fsp3) is 0. The predicted octanol–water partition coefficient (Wildman–Crippen LogP) is 4.49. The Balaban J connectivity index is 1.92. The molecule has 0 aliphatic rings. The van der Waals surface area contributed by atoms with Gasteiger partial charge in [0.25, 0.3) is 0 Å². The Morgan fingerprint density at radius 3 is 2.00 bits per heavy atom. The molecule has 128 valence electrons. The fourth-order valence-electron chi connectivity index (χ4n) is 3.96. The first-order valence-corrected chi connectivity index (χ1v) is 9.02. The highest BCUT2D eigenvalue weighted by atomic mass is 16.4. The maximum Gasteiger partial charge on any atom is 0.488 e. The van der Waals surface area contributed by atoms with E-state index in [-0.39, 0.29) is 0 Å². The van der Waals surface area contributed by atoms with Crippen molar-refractivity contribution in [3.8, 4) is 11.1 Å². The molecule has 0 heterocycles. The molecule has 0 aliphatic carbocycles. The summed E-state index contributed by atoms with van der Waals surface area (Å²) < 4.78 is 0. The number of fused-ring (bicyclic) bond motifs is 4. The van der Waals surface area contributed by atoms with Crippen molar-refractivity contribution in [2.24, 2.45) is 0 Å². The van der Waals surface area contributed by atoms with E-state index < -0.39 is 7.12 Å². The van der Waals surface area contributed by atoms with Crippen molar-refractivity contribution in [1.82, 2.24) is 0 Å². The van der Waals surface area contributed by atoms with Crippen LogP contribution in [-0.2, 0) is 0 Å². The third kappa shape index (κ3) is 2.60. The van der Waals surface area contributed by atoms with Gasteiger partial charge in [-0.15, -0.1) is 0 Å². The lowest BCUT2D eigenvalue weighted by Crippen LogP contribution is -2.29. The number of hydrogen-bond acceptors (Lipinski definition) is 2. The quantitative estimate of drug-likeness (QED) is 0.364. The molecular weight excluding hydrogens is 331 g/mol. The van der Waals surface area contributed by atoms with Gasteiger partial charge in [-0.2, -0.15) is 0 Å². The van der Waals surface area contributed by atoms with Gasteiger partial charge in [0.1, 0.15) is 0 Å². The Bertz CT molecular complexity index is 1310.